The van der Waals surface area contributed by atoms with E-state index in [1.54, 1.807) is 26.2 Å². The second-order valence-corrected chi connectivity index (χ2v) is 6.79. The molecule has 0 saturated carbocycles. The van der Waals surface area contributed by atoms with Crippen LogP contribution >= 0.6 is 0 Å². The summed E-state index contributed by atoms with van der Waals surface area (Å²) in [6, 6.07) is 7.15. The third kappa shape index (κ3) is 2.66. The Hall–Kier alpha value is -1.11. The fraction of sp³-hybridized carbons (Fsp3) is 0.500. The number of anilines is 1. The zero-order valence-electron chi connectivity index (χ0n) is 10.8. The Morgan fingerprint density at radius 3 is 2.17 bits per heavy atom. The third-order valence-electron chi connectivity index (χ3n) is 3.19. The lowest BCUT2D eigenvalue weighted by Gasteiger charge is -2.27. The summed E-state index contributed by atoms with van der Waals surface area (Å²) in [5.74, 6) is 0. The molecule has 0 radical (unpaired) electrons. The number of hydrogen-bond donors (Lipinski definition) is 1. The van der Waals surface area contributed by atoms with Crippen molar-refractivity contribution < 1.29 is 13.7 Å². The molecular formula is C12H20N3O2S+. The molecule has 6 heteroatoms. The first kappa shape index (κ1) is 13.3. The molecular weight excluding hydrogens is 250 g/mol. The SMILES string of the molecule is CN(C)S(=O)(=O)c1ccc(N2CC[NH2+]CC2)cc1. The standard InChI is InChI=1S/C12H19N3O2S/c1-14(2)18(16,17)12-5-3-11(4-6-12)15-9-7-13-8-10-15/h3-6,13H,7-10H2,1-2H3/p+1. The molecule has 0 aliphatic carbocycles. The fourth-order valence-corrected chi connectivity index (χ4v) is 2.95. The molecule has 2 N–H and O–H groups in total. The van der Waals surface area contributed by atoms with Crippen molar-refractivity contribution in [2.75, 3.05) is 45.2 Å². The number of quaternary nitrogens is 1. The molecule has 1 aliphatic rings. The minimum atomic E-state index is -3.32. The summed E-state index contributed by atoms with van der Waals surface area (Å²) in [6.45, 7) is 4.22. The number of nitrogens with two attached hydrogens (primary N) is 1. The number of hydrogen-bond acceptors (Lipinski definition) is 3. The highest BCUT2D eigenvalue weighted by atomic mass is 32.2. The van der Waals surface area contributed by atoms with Gasteiger partial charge in [-0.1, -0.05) is 0 Å². The van der Waals surface area contributed by atoms with Crippen LogP contribution in [0.2, 0.25) is 0 Å². The summed E-state index contributed by atoms with van der Waals surface area (Å²) in [5, 5.41) is 2.29. The lowest BCUT2D eigenvalue weighted by atomic mass is 10.2. The van der Waals surface area contributed by atoms with Gasteiger partial charge in [-0.05, 0) is 24.3 Å². The van der Waals surface area contributed by atoms with Crippen LogP contribution in [0.5, 0.6) is 0 Å². The van der Waals surface area contributed by atoms with E-state index < -0.39 is 10.0 Å². The first-order valence-electron chi connectivity index (χ1n) is 6.11. The van der Waals surface area contributed by atoms with Gasteiger partial charge in [0, 0.05) is 19.8 Å². The van der Waals surface area contributed by atoms with Crippen LogP contribution in [0.15, 0.2) is 29.2 Å². The number of benzene rings is 1. The largest absolute Gasteiger partial charge is 0.360 e. The Balaban J connectivity index is 2.20. The van der Waals surface area contributed by atoms with Gasteiger partial charge in [0.25, 0.3) is 0 Å². The van der Waals surface area contributed by atoms with Crippen molar-refractivity contribution in [3.63, 3.8) is 0 Å². The van der Waals surface area contributed by atoms with Crippen molar-refractivity contribution >= 4 is 15.7 Å². The van der Waals surface area contributed by atoms with Gasteiger partial charge in [0.05, 0.1) is 31.1 Å². The van der Waals surface area contributed by atoms with E-state index in [0.717, 1.165) is 31.9 Å². The summed E-state index contributed by atoms with van der Waals surface area (Å²) in [6.07, 6.45) is 0. The quantitative estimate of drug-likeness (QED) is 0.792. The highest BCUT2D eigenvalue weighted by Gasteiger charge is 2.18. The van der Waals surface area contributed by atoms with E-state index in [-0.39, 0.29) is 0 Å². The zero-order chi connectivity index (χ0) is 13.2. The summed E-state index contributed by atoms with van der Waals surface area (Å²) >= 11 is 0. The Morgan fingerprint density at radius 1 is 1.11 bits per heavy atom. The van der Waals surface area contributed by atoms with Crippen LogP contribution in [-0.4, -0.2) is 53.0 Å². The van der Waals surface area contributed by atoms with Gasteiger partial charge in [0.1, 0.15) is 0 Å². The maximum Gasteiger partial charge on any atom is 0.242 e. The molecule has 1 aromatic rings. The molecule has 0 unspecified atom stereocenters. The van der Waals surface area contributed by atoms with Gasteiger partial charge in [0.2, 0.25) is 10.0 Å². The van der Waals surface area contributed by atoms with Gasteiger partial charge in [-0.25, -0.2) is 12.7 Å². The summed E-state index contributed by atoms with van der Waals surface area (Å²) < 4.78 is 25.1. The van der Waals surface area contributed by atoms with Gasteiger partial charge >= 0.3 is 0 Å². The molecule has 2 rings (SSSR count). The monoisotopic (exact) mass is 270 g/mol. The molecule has 1 fully saturated rings. The normalized spacial score (nSPS) is 17.2. The highest BCUT2D eigenvalue weighted by Crippen LogP contribution is 2.19. The number of piperazine rings is 1. The molecule has 18 heavy (non-hydrogen) atoms. The Morgan fingerprint density at radius 2 is 1.67 bits per heavy atom. The van der Waals surface area contributed by atoms with Crippen LogP contribution in [0.1, 0.15) is 0 Å². The van der Waals surface area contributed by atoms with E-state index in [4.69, 9.17) is 0 Å². The first-order chi connectivity index (χ1) is 8.51. The van der Waals surface area contributed by atoms with Crippen LogP contribution < -0.4 is 10.2 Å². The Kier molecular flexibility index (Phi) is 3.89. The average Bonchev–Trinajstić information content (AvgIpc) is 2.40. The highest BCUT2D eigenvalue weighted by molar-refractivity contribution is 7.89. The minimum Gasteiger partial charge on any atom is -0.360 e. The van der Waals surface area contributed by atoms with Crippen molar-refractivity contribution in [2.45, 2.75) is 4.90 Å². The summed E-state index contributed by atoms with van der Waals surface area (Å²) in [4.78, 5) is 2.63. The van der Waals surface area contributed by atoms with E-state index in [2.05, 4.69) is 10.2 Å². The topological polar surface area (TPSA) is 57.2 Å². The Bertz CT molecular complexity index is 491. The third-order valence-corrected chi connectivity index (χ3v) is 5.02. The smallest absolute Gasteiger partial charge is 0.242 e. The van der Waals surface area contributed by atoms with Crippen LogP contribution in [0.25, 0.3) is 0 Å². The van der Waals surface area contributed by atoms with Crippen molar-refractivity contribution in [2.24, 2.45) is 0 Å². The van der Waals surface area contributed by atoms with E-state index in [1.807, 2.05) is 12.1 Å². The van der Waals surface area contributed by atoms with Crippen LogP contribution in [-0.2, 0) is 10.0 Å². The minimum absolute atomic E-state index is 0.347. The Labute approximate surface area is 108 Å². The second-order valence-electron chi connectivity index (χ2n) is 4.63. The molecule has 1 saturated heterocycles. The number of sulfonamides is 1. The molecule has 0 atom stereocenters. The molecule has 5 nitrogen and oxygen atoms in total. The average molecular weight is 270 g/mol. The van der Waals surface area contributed by atoms with Crippen molar-refractivity contribution in [3.8, 4) is 0 Å². The molecule has 0 spiro atoms. The lowest BCUT2D eigenvalue weighted by Crippen LogP contribution is -2.89. The summed E-state index contributed by atoms with van der Waals surface area (Å²) in [7, 11) is -0.225. The molecule has 1 aromatic carbocycles. The molecule has 1 heterocycles. The molecule has 100 valence electrons. The molecule has 0 aromatic heterocycles. The van der Waals surface area contributed by atoms with Crippen LogP contribution in [0.3, 0.4) is 0 Å². The first-order valence-corrected chi connectivity index (χ1v) is 7.55. The van der Waals surface area contributed by atoms with Gasteiger partial charge in [-0.3, -0.25) is 0 Å². The van der Waals surface area contributed by atoms with E-state index >= 15 is 0 Å². The molecule has 0 bridgehead atoms. The van der Waals surface area contributed by atoms with Gasteiger partial charge < -0.3 is 10.2 Å². The maximum absolute atomic E-state index is 11.9. The van der Waals surface area contributed by atoms with Crippen molar-refractivity contribution in [3.05, 3.63) is 24.3 Å². The lowest BCUT2D eigenvalue weighted by molar-refractivity contribution is -0.655. The molecule has 1 aliphatic heterocycles. The predicted octanol–water partition coefficient (Wildman–Crippen LogP) is -0.680. The number of nitrogens with zero attached hydrogens (tertiary/aromatic N) is 2. The van der Waals surface area contributed by atoms with Crippen LogP contribution in [0.4, 0.5) is 5.69 Å². The van der Waals surface area contributed by atoms with Crippen molar-refractivity contribution in [1.82, 2.24) is 4.31 Å². The van der Waals surface area contributed by atoms with Gasteiger partial charge in [-0.15, -0.1) is 0 Å². The van der Waals surface area contributed by atoms with Gasteiger partial charge in [0.15, 0.2) is 0 Å². The summed E-state index contributed by atoms with van der Waals surface area (Å²) in [5.41, 5.74) is 1.10. The molecule has 0 amide bonds. The maximum atomic E-state index is 11.9. The van der Waals surface area contributed by atoms with E-state index in [9.17, 15) is 8.42 Å². The van der Waals surface area contributed by atoms with E-state index in [1.165, 1.54) is 4.31 Å². The van der Waals surface area contributed by atoms with E-state index in [0.29, 0.717) is 4.90 Å². The van der Waals surface area contributed by atoms with Crippen LogP contribution in [0, 0.1) is 0 Å². The predicted molar refractivity (Wildman–Crippen MR) is 71.2 cm³/mol. The van der Waals surface area contributed by atoms with Crippen molar-refractivity contribution in [1.29, 1.82) is 0 Å². The van der Waals surface area contributed by atoms with Gasteiger partial charge in [-0.2, -0.15) is 0 Å². The zero-order valence-corrected chi connectivity index (χ0v) is 11.7. The fourth-order valence-electron chi connectivity index (χ4n) is 2.05. The number of rotatable bonds is 3. The second kappa shape index (κ2) is 5.26.